The van der Waals surface area contributed by atoms with Gasteiger partial charge in [-0.1, -0.05) is 31.2 Å². The van der Waals surface area contributed by atoms with Crippen molar-refractivity contribution >= 4 is 23.4 Å². The lowest BCUT2D eigenvalue weighted by Gasteiger charge is -2.34. The Labute approximate surface area is 146 Å². The predicted molar refractivity (Wildman–Crippen MR) is 96.8 cm³/mol. The average Bonchev–Trinajstić information content (AvgIpc) is 2.61. The van der Waals surface area contributed by atoms with Gasteiger partial charge in [-0.15, -0.1) is 11.8 Å². The van der Waals surface area contributed by atoms with E-state index in [-0.39, 0.29) is 11.7 Å². The van der Waals surface area contributed by atoms with Gasteiger partial charge in [-0.3, -0.25) is 4.79 Å². The Bertz CT molecular complexity index is 705. The number of amides is 1. The first-order chi connectivity index (χ1) is 11.7. The van der Waals surface area contributed by atoms with E-state index in [1.807, 2.05) is 23.9 Å². The molecular formula is C19H21FN2OS. The van der Waals surface area contributed by atoms with E-state index in [1.165, 1.54) is 17.0 Å². The molecule has 0 spiro atoms. The highest BCUT2D eigenvalue weighted by Gasteiger charge is 2.25. The molecule has 2 aromatic rings. The molecule has 0 aromatic heterocycles. The van der Waals surface area contributed by atoms with Crippen LogP contribution < -0.4 is 10.2 Å². The van der Waals surface area contributed by atoms with E-state index in [0.717, 1.165) is 24.2 Å². The minimum Gasteiger partial charge on any atom is -0.360 e. The number of nitrogens with one attached hydrogen (secondary N) is 1. The van der Waals surface area contributed by atoms with Crippen LogP contribution in [0.2, 0.25) is 0 Å². The lowest BCUT2D eigenvalue weighted by atomic mass is 10.2. The second-order valence-electron chi connectivity index (χ2n) is 5.90. The van der Waals surface area contributed by atoms with Gasteiger partial charge in [0.05, 0.1) is 12.2 Å². The molecular weight excluding hydrogens is 323 g/mol. The molecule has 1 aliphatic rings. The molecule has 0 unspecified atom stereocenters. The standard InChI is InChI=1S/C19H21FN2OS/c1-2-16-12-22(17-5-3-4-6-18(17)24-16)13-19(23)21-11-14-7-9-15(20)10-8-14/h3-10,16H,2,11-13H2,1H3,(H,21,23)/t16-/m0/s1. The number of rotatable bonds is 5. The van der Waals surface area contributed by atoms with Gasteiger partial charge in [0.15, 0.2) is 0 Å². The maximum atomic E-state index is 12.9. The Balaban J connectivity index is 1.62. The van der Waals surface area contributed by atoms with Crippen LogP contribution in [0.3, 0.4) is 0 Å². The minimum absolute atomic E-state index is 0.0177. The molecule has 5 heteroatoms. The molecule has 3 nitrogen and oxygen atoms in total. The summed E-state index contributed by atoms with van der Waals surface area (Å²) in [5.41, 5.74) is 2.02. The number of nitrogens with zero attached hydrogens (tertiary/aromatic N) is 1. The predicted octanol–water partition coefficient (Wildman–Crippen LogP) is 3.83. The molecule has 1 atom stereocenters. The molecule has 2 aromatic carbocycles. The van der Waals surface area contributed by atoms with Crippen molar-refractivity contribution < 1.29 is 9.18 Å². The molecule has 3 rings (SSSR count). The minimum atomic E-state index is -0.266. The number of carbonyl (C=O) groups excluding carboxylic acids is 1. The van der Waals surface area contributed by atoms with Crippen molar-refractivity contribution in [1.29, 1.82) is 0 Å². The summed E-state index contributed by atoms with van der Waals surface area (Å²) < 4.78 is 12.9. The number of halogens is 1. The first-order valence-electron chi connectivity index (χ1n) is 8.17. The smallest absolute Gasteiger partial charge is 0.239 e. The molecule has 1 aliphatic heterocycles. The van der Waals surface area contributed by atoms with Crippen LogP contribution in [0.25, 0.3) is 0 Å². The molecule has 126 valence electrons. The van der Waals surface area contributed by atoms with Crippen LogP contribution in [-0.2, 0) is 11.3 Å². The molecule has 24 heavy (non-hydrogen) atoms. The summed E-state index contributed by atoms with van der Waals surface area (Å²) in [4.78, 5) is 15.7. The Hall–Kier alpha value is -2.01. The summed E-state index contributed by atoms with van der Waals surface area (Å²) in [6.45, 7) is 3.82. The van der Waals surface area contributed by atoms with Crippen LogP contribution in [0.5, 0.6) is 0 Å². The van der Waals surface area contributed by atoms with Gasteiger partial charge >= 0.3 is 0 Å². The van der Waals surface area contributed by atoms with Gasteiger partial charge in [0, 0.05) is 23.2 Å². The molecule has 1 heterocycles. The van der Waals surface area contributed by atoms with E-state index in [9.17, 15) is 9.18 Å². The number of hydrogen-bond acceptors (Lipinski definition) is 3. The molecule has 0 fully saturated rings. The Morgan fingerprint density at radius 3 is 2.75 bits per heavy atom. The maximum absolute atomic E-state index is 12.9. The molecule has 0 saturated carbocycles. The zero-order chi connectivity index (χ0) is 16.9. The monoisotopic (exact) mass is 344 g/mol. The largest absolute Gasteiger partial charge is 0.360 e. The van der Waals surface area contributed by atoms with Crippen LogP contribution in [0, 0.1) is 5.82 Å². The quantitative estimate of drug-likeness (QED) is 0.895. The van der Waals surface area contributed by atoms with E-state index in [4.69, 9.17) is 0 Å². The van der Waals surface area contributed by atoms with Crippen molar-refractivity contribution in [2.75, 3.05) is 18.0 Å². The van der Waals surface area contributed by atoms with E-state index in [1.54, 1.807) is 12.1 Å². The summed E-state index contributed by atoms with van der Waals surface area (Å²) >= 11 is 1.89. The molecule has 0 bridgehead atoms. The Morgan fingerprint density at radius 1 is 1.25 bits per heavy atom. The highest BCUT2D eigenvalue weighted by Crippen LogP contribution is 2.39. The first-order valence-corrected chi connectivity index (χ1v) is 9.05. The third-order valence-corrected chi connectivity index (χ3v) is 5.53. The summed E-state index contributed by atoms with van der Waals surface area (Å²) in [6, 6.07) is 14.4. The average molecular weight is 344 g/mol. The second kappa shape index (κ2) is 7.71. The molecule has 0 radical (unpaired) electrons. The summed E-state index contributed by atoms with van der Waals surface area (Å²) in [7, 11) is 0. The van der Waals surface area contributed by atoms with Crippen molar-refractivity contribution in [3.05, 3.63) is 59.9 Å². The van der Waals surface area contributed by atoms with Crippen LogP contribution in [0.4, 0.5) is 10.1 Å². The topological polar surface area (TPSA) is 32.3 Å². The summed E-state index contributed by atoms with van der Waals surface area (Å²) in [5.74, 6) is -0.283. The normalized spacial score (nSPS) is 16.6. The summed E-state index contributed by atoms with van der Waals surface area (Å²) in [5, 5.41) is 3.42. The van der Waals surface area contributed by atoms with Crippen LogP contribution in [0.15, 0.2) is 53.4 Å². The molecule has 1 amide bonds. The number of anilines is 1. The lowest BCUT2D eigenvalue weighted by Crippen LogP contribution is -2.42. The second-order valence-corrected chi connectivity index (χ2v) is 7.24. The van der Waals surface area contributed by atoms with Gasteiger partial charge in [0.25, 0.3) is 0 Å². The van der Waals surface area contributed by atoms with Crippen molar-refractivity contribution in [1.82, 2.24) is 5.32 Å². The van der Waals surface area contributed by atoms with Crippen LogP contribution >= 0.6 is 11.8 Å². The number of para-hydroxylation sites is 1. The van der Waals surface area contributed by atoms with Crippen LogP contribution in [0.1, 0.15) is 18.9 Å². The fourth-order valence-electron chi connectivity index (χ4n) is 2.77. The maximum Gasteiger partial charge on any atom is 0.239 e. The molecule has 0 aliphatic carbocycles. The van der Waals surface area contributed by atoms with Gasteiger partial charge in [-0.2, -0.15) is 0 Å². The van der Waals surface area contributed by atoms with Crippen molar-refractivity contribution in [2.24, 2.45) is 0 Å². The lowest BCUT2D eigenvalue weighted by molar-refractivity contribution is -0.119. The van der Waals surface area contributed by atoms with Crippen molar-refractivity contribution in [3.63, 3.8) is 0 Å². The van der Waals surface area contributed by atoms with Gasteiger partial charge in [-0.05, 0) is 36.2 Å². The van der Waals surface area contributed by atoms with Gasteiger partial charge in [0.1, 0.15) is 5.82 Å². The zero-order valence-corrected chi connectivity index (χ0v) is 14.5. The SMILES string of the molecule is CC[C@H]1CN(CC(=O)NCc2ccc(F)cc2)c2ccccc2S1. The fraction of sp³-hybridized carbons (Fsp3) is 0.316. The summed E-state index contributed by atoms with van der Waals surface area (Å²) in [6.07, 6.45) is 1.08. The number of thioether (sulfide) groups is 1. The Morgan fingerprint density at radius 2 is 2.00 bits per heavy atom. The highest BCUT2D eigenvalue weighted by molar-refractivity contribution is 8.00. The molecule has 0 saturated heterocycles. The van der Waals surface area contributed by atoms with Gasteiger partial charge in [0.2, 0.25) is 5.91 Å². The first kappa shape index (κ1) is 16.8. The van der Waals surface area contributed by atoms with Crippen molar-refractivity contribution in [3.8, 4) is 0 Å². The van der Waals surface area contributed by atoms with Crippen LogP contribution in [-0.4, -0.2) is 24.2 Å². The van der Waals surface area contributed by atoms with Gasteiger partial charge in [-0.25, -0.2) is 4.39 Å². The van der Waals surface area contributed by atoms with E-state index >= 15 is 0 Å². The highest BCUT2D eigenvalue weighted by atomic mass is 32.2. The van der Waals surface area contributed by atoms with E-state index in [0.29, 0.717) is 18.3 Å². The van der Waals surface area contributed by atoms with Crippen molar-refractivity contribution in [2.45, 2.75) is 30.0 Å². The fourth-order valence-corrected chi connectivity index (χ4v) is 4.03. The molecule has 1 N–H and O–H groups in total. The third-order valence-electron chi connectivity index (χ3n) is 4.12. The van der Waals surface area contributed by atoms with E-state index in [2.05, 4.69) is 29.3 Å². The Kier molecular flexibility index (Phi) is 5.41. The van der Waals surface area contributed by atoms with Gasteiger partial charge < -0.3 is 10.2 Å². The van der Waals surface area contributed by atoms with E-state index < -0.39 is 0 Å². The number of benzene rings is 2. The number of fused-ring (bicyclic) bond motifs is 1. The third kappa shape index (κ3) is 4.09. The number of carbonyl (C=O) groups is 1. The zero-order valence-electron chi connectivity index (χ0n) is 13.7. The number of hydrogen-bond donors (Lipinski definition) is 1.